The average Bonchev–Trinajstić information content (AvgIpc) is 2.60. The summed E-state index contributed by atoms with van der Waals surface area (Å²) in [5.41, 5.74) is 0. The van der Waals surface area contributed by atoms with Crippen molar-refractivity contribution in [3.8, 4) is 0 Å². The fourth-order valence-corrected chi connectivity index (χ4v) is 4.85. The number of carbonyl (C=O) groups is 1. The third-order valence-electron chi connectivity index (χ3n) is 4.78. The van der Waals surface area contributed by atoms with Crippen LogP contribution in [0, 0.1) is 11.8 Å². The maximum atomic E-state index is 12.8. The molecule has 0 saturated carbocycles. The van der Waals surface area contributed by atoms with Crippen LogP contribution in [-0.2, 0) is 14.8 Å². The van der Waals surface area contributed by atoms with E-state index in [4.69, 9.17) is 0 Å². The van der Waals surface area contributed by atoms with Crippen LogP contribution in [0.5, 0.6) is 0 Å². The predicted octanol–water partition coefficient (Wildman–Crippen LogP) is 2.64. The maximum Gasteiger partial charge on any atom is 0.243 e. The fourth-order valence-electron chi connectivity index (χ4n) is 3.31. The molecule has 0 aliphatic carbocycles. The number of amides is 1. The third kappa shape index (κ3) is 4.57. The van der Waals surface area contributed by atoms with Crippen LogP contribution >= 0.6 is 0 Å². The second-order valence-electron chi connectivity index (χ2n) is 6.45. The highest BCUT2D eigenvalue weighted by Crippen LogP contribution is 2.31. The van der Waals surface area contributed by atoms with E-state index in [0.717, 1.165) is 19.3 Å². The molecule has 1 aliphatic heterocycles. The average molecular weight is 353 g/mol. The molecule has 1 heterocycles. The molecule has 0 radical (unpaired) electrons. The Hall–Kier alpha value is -1.40. The van der Waals surface area contributed by atoms with Crippen molar-refractivity contribution in [2.75, 3.05) is 19.6 Å². The summed E-state index contributed by atoms with van der Waals surface area (Å²) in [6, 6.07) is 8.58. The number of piperidine rings is 1. The summed E-state index contributed by atoms with van der Waals surface area (Å²) in [5.74, 6) is 0.568. The third-order valence-corrected chi connectivity index (χ3v) is 6.66. The Kier molecular flexibility index (Phi) is 6.80. The molecule has 5 nitrogen and oxygen atoms in total. The number of hydrogen-bond acceptors (Lipinski definition) is 3. The maximum absolute atomic E-state index is 12.8. The highest BCUT2D eigenvalue weighted by molar-refractivity contribution is 7.89. The summed E-state index contributed by atoms with van der Waals surface area (Å²) < 4.78 is 27.1. The van der Waals surface area contributed by atoms with Gasteiger partial charge in [0.05, 0.1) is 4.90 Å². The number of nitrogens with one attached hydrogen (secondary N) is 1. The van der Waals surface area contributed by atoms with Crippen molar-refractivity contribution in [2.45, 2.75) is 44.4 Å². The molecule has 0 unspecified atom stereocenters. The lowest BCUT2D eigenvalue weighted by Gasteiger charge is -2.37. The summed E-state index contributed by atoms with van der Waals surface area (Å²) in [5, 5.41) is 2.92. The summed E-state index contributed by atoms with van der Waals surface area (Å²) in [7, 11) is -3.44. The SMILES string of the molecule is CCCNC(=O)C[C@@H]1CCN(S(=O)(=O)c2ccccc2)C[C@@H]1CC. The molecule has 2 atom stereocenters. The molecule has 1 saturated heterocycles. The smallest absolute Gasteiger partial charge is 0.243 e. The molecule has 24 heavy (non-hydrogen) atoms. The molecule has 1 aromatic rings. The van der Waals surface area contributed by atoms with Gasteiger partial charge in [0.1, 0.15) is 0 Å². The van der Waals surface area contributed by atoms with Crippen molar-refractivity contribution >= 4 is 15.9 Å². The molecule has 1 aliphatic rings. The van der Waals surface area contributed by atoms with Gasteiger partial charge in [-0.3, -0.25) is 4.79 Å². The molecule has 1 fully saturated rings. The summed E-state index contributed by atoms with van der Waals surface area (Å²) in [6.07, 6.45) is 3.05. The molecule has 0 bridgehead atoms. The van der Waals surface area contributed by atoms with E-state index in [0.29, 0.717) is 31.0 Å². The van der Waals surface area contributed by atoms with Crippen molar-refractivity contribution in [3.05, 3.63) is 30.3 Å². The van der Waals surface area contributed by atoms with E-state index in [1.165, 1.54) is 0 Å². The Morgan fingerprint density at radius 1 is 1.21 bits per heavy atom. The zero-order chi connectivity index (χ0) is 17.6. The summed E-state index contributed by atoms with van der Waals surface area (Å²) >= 11 is 0. The van der Waals surface area contributed by atoms with Crippen LogP contribution in [0.1, 0.15) is 39.5 Å². The number of sulfonamides is 1. The van der Waals surface area contributed by atoms with Crippen LogP contribution in [-0.4, -0.2) is 38.3 Å². The molecular formula is C18H28N2O3S. The van der Waals surface area contributed by atoms with E-state index in [9.17, 15) is 13.2 Å². The number of hydrogen-bond donors (Lipinski definition) is 1. The van der Waals surface area contributed by atoms with Gasteiger partial charge < -0.3 is 5.32 Å². The Morgan fingerprint density at radius 3 is 2.54 bits per heavy atom. The molecule has 6 heteroatoms. The molecule has 1 amide bonds. The van der Waals surface area contributed by atoms with Crippen molar-refractivity contribution in [2.24, 2.45) is 11.8 Å². The minimum Gasteiger partial charge on any atom is -0.356 e. The zero-order valence-corrected chi connectivity index (χ0v) is 15.4. The van der Waals surface area contributed by atoms with E-state index in [1.807, 2.05) is 13.0 Å². The highest BCUT2D eigenvalue weighted by Gasteiger charge is 2.35. The Balaban J connectivity index is 2.03. The van der Waals surface area contributed by atoms with Crippen molar-refractivity contribution in [1.82, 2.24) is 9.62 Å². The van der Waals surface area contributed by atoms with Gasteiger partial charge >= 0.3 is 0 Å². The first kappa shape index (κ1) is 18.9. The van der Waals surface area contributed by atoms with Crippen LogP contribution in [0.25, 0.3) is 0 Å². The Morgan fingerprint density at radius 2 is 1.92 bits per heavy atom. The number of nitrogens with zero attached hydrogens (tertiary/aromatic N) is 1. The molecule has 1 N–H and O–H groups in total. The van der Waals surface area contributed by atoms with E-state index in [2.05, 4.69) is 12.2 Å². The first-order valence-electron chi connectivity index (χ1n) is 8.80. The number of carbonyl (C=O) groups excluding carboxylic acids is 1. The van der Waals surface area contributed by atoms with Crippen molar-refractivity contribution in [3.63, 3.8) is 0 Å². The van der Waals surface area contributed by atoms with Gasteiger partial charge in [-0.25, -0.2) is 8.42 Å². The van der Waals surface area contributed by atoms with Gasteiger partial charge in [-0.15, -0.1) is 0 Å². The quantitative estimate of drug-likeness (QED) is 0.820. The first-order chi connectivity index (χ1) is 11.5. The minimum atomic E-state index is -3.44. The molecule has 1 aromatic carbocycles. The van der Waals surface area contributed by atoms with Crippen LogP contribution in [0.15, 0.2) is 35.2 Å². The van der Waals surface area contributed by atoms with Gasteiger partial charge in [-0.2, -0.15) is 4.31 Å². The van der Waals surface area contributed by atoms with E-state index in [-0.39, 0.29) is 17.7 Å². The number of benzene rings is 1. The largest absolute Gasteiger partial charge is 0.356 e. The molecule has 0 spiro atoms. The molecule has 134 valence electrons. The van der Waals surface area contributed by atoms with Crippen LogP contribution in [0.2, 0.25) is 0 Å². The molecule has 0 aromatic heterocycles. The lowest BCUT2D eigenvalue weighted by molar-refractivity contribution is -0.122. The van der Waals surface area contributed by atoms with E-state index >= 15 is 0 Å². The lowest BCUT2D eigenvalue weighted by Crippen LogP contribution is -2.44. The highest BCUT2D eigenvalue weighted by atomic mass is 32.2. The normalized spacial score (nSPS) is 22.2. The topological polar surface area (TPSA) is 66.5 Å². The second-order valence-corrected chi connectivity index (χ2v) is 8.39. The van der Waals surface area contributed by atoms with Gasteiger partial charge in [0, 0.05) is 26.1 Å². The minimum absolute atomic E-state index is 0.0830. The van der Waals surface area contributed by atoms with Crippen molar-refractivity contribution < 1.29 is 13.2 Å². The lowest BCUT2D eigenvalue weighted by atomic mass is 9.82. The summed E-state index contributed by atoms with van der Waals surface area (Å²) in [6.45, 7) is 5.79. The van der Waals surface area contributed by atoms with Crippen molar-refractivity contribution in [1.29, 1.82) is 0 Å². The number of rotatable bonds is 7. The zero-order valence-electron chi connectivity index (χ0n) is 14.6. The first-order valence-corrected chi connectivity index (χ1v) is 10.2. The van der Waals surface area contributed by atoms with Gasteiger partial charge in [-0.1, -0.05) is 38.5 Å². The summed E-state index contributed by atoms with van der Waals surface area (Å²) in [4.78, 5) is 12.3. The molecule has 2 rings (SSSR count). The van der Waals surface area contributed by atoms with Crippen LogP contribution in [0.3, 0.4) is 0 Å². The second kappa shape index (κ2) is 8.62. The Labute approximate surface area is 145 Å². The molecular weight excluding hydrogens is 324 g/mol. The fraction of sp³-hybridized carbons (Fsp3) is 0.611. The van der Waals surface area contributed by atoms with Gasteiger partial charge in [0.2, 0.25) is 15.9 Å². The monoisotopic (exact) mass is 352 g/mol. The van der Waals surface area contributed by atoms with Gasteiger partial charge in [0.15, 0.2) is 0 Å². The van der Waals surface area contributed by atoms with E-state index < -0.39 is 10.0 Å². The predicted molar refractivity (Wildman–Crippen MR) is 95.0 cm³/mol. The van der Waals surface area contributed by atoms with E-state index in [1.54, 1.807) is 28.6 Å². The van der Waals surface area contributed by atoms with Gasteiger partial charge in [0.25, 0.3) is 0 Å². The van der Waals surface area contributed by atoms with Crippen LogP contribution < -0.4 is 5.32 Å². The Bertz CT molecular complexity index is 631. The standard InChI is InChI=1S/C18H28N2O3S/c1-3-11-19-18(21)13-16-10-12-20(14-15(16)4-2)24(22,23)17-8-6-5-7-9-17/h5-9,15-16H,3-4,10-14H2,1-2H3,(H,19,21)/t15-,16-/m0/s1. The van der Waals surface area contributed by atoms with Gasteiger partial charge in [-0.05, 0) is 36.8 Å². The van der Waals surface area contributed by atoms with Crippen LogP contribution in [0.4, 0.5) is 0 Å².